The first kappa shape index (κ1) is 11.1. The maximum absolute atomic E-state index is 2.79. The molecule has 0 radical (unpaired) electrons. The van der Waals surface area contributed by atoms with Crippen LogP contribution >= 0.6 is 0 Å². The summed E-state index contributed by atoms with van der Waals surface area (Å²) in [6.45, 7) is 0. The summed E-state index contributed by atoms with van der Waals surface area (Å²) in [5, 5.41) is 0. The lowest BCUT2D eigenvalue weighted by molar-refractivity contribution is 0.356. The Morgan fingerprint density at radius 3 is 1.50 bits per heavy atom. The first-order valence-electron chi connectivity index (χ1n) is 9.34. The van der Waals surface area contributed by atoms with Crippen LogP contribution in [0.1, 0.15) is 51.4 Å². The predicted octanol–water partition coefficient (Wildman–Crippen LogP) is 4.97. The highest BCUT2D eigenvalue weighted by atomic mass is 14.6. The van der Waals surface area contributed by atoms with E-state index in [9.17, 15) is 0 Å². The van der Waals surface area contributed by atoms with Crippen molar-refractivity contribution >= 4 is 0 Å². The second kappa shape index (κ2) is 3.62. The van der Waals surface area contributed by atoms with Crippen molar-refractivity contribution in [3.05, 3.63) is 23.3 Å². The molecule has 0 aromatic carbocycles. The summed E-state index contributed by atoms with van der Waals surface area (Å²) < 4.78 is 0. The van der Waals surface area contributed by atoms with Crippen molar-refractivity contribution in [3.63, 3.8) is 0 Å². The lowest BCUT2D eigenvalue weighted by atomic mass is 9.82. The third-order valence-corrected chi connectivity index (χ3v) is 8.36. The third-order valence-electron chi connectivity index (χ3n) is 8.36. The Labute approximate surface area is 122 Å². The van der Waals surface area contributed by atoms with Crippen LogP contribution in [0.5, 0.6) is 0 Å². The van der Waals surface area contributed by atoms with E-state index in [0.717, 1.165) is 47.3 Å². The van der Waals surface area contributed by atoms with E-state index >= 15 is 0 Å². The van der Waals surface area contributed by atoms with Crippen LogP contribution < -0.4 is 0 Å². The highest BCUT2D eigenvalue weighted by Gasteiger charge is 2.54. The summed E-state index contributed by atoms with van der Waals surface area (Å²) in [5.74, 6) is 8.36. The highest BCUT2D eigenvalue weighted by Crippen LogP contribution is 2.64. The van der Waals surface area contributed by atoms with E-state index in [4.69, 9.17) is 0 Å². The Morgan fingerprint density at radius 1 is 0.550 bits per heavy atom. The molecule has 0 saturated heterocycles. The van der Waals surface area contributed by atoms with Crippen LogP contribution in [0.25, 0.3) is 0 Å². The molecular formula is C20H26. The molecule has 6 aliphatic rings. The van der Waals surface area contributed by atoms with Crippen LogP contribution in [0, 0.1) is 47.3 Å². The zero-order chi connectivity index (χ0) is 12.8. The van der Waals surface area contributed by atoms with E-state index in [-0.39, 0.29) is 0 Å². The molecule has 8 atom stereocenters. The van der Waals surface area contributed by atoms with E-state index in [1.54, 1.807) is 25.7 Å². The van der Waals surface area contributed by atoms with Gasteiger partial charge in [-0.25, -0.2) is 0 Å². The Bertz CT molecular complexity index is 476. The second-order valence-corrected chi connectivity index (χ2v) is 8.77. The van der Waals surface area contributed by atoms with Gasteiger partial charge in [0, 0.05) is 0 Å². The summed E-state index contributed by atoms with van der Waals surface area (Å²) in [5.41, 5.74) is 3.78. The van der Waals surface area contributed by atoms with Crippen LogP contribution in [0.4, 0.5) is 0 Å². The number of hydrogen-bond donors (Lipinski definition) is 0. The first-order chi connectivity index (χ1) is 9.90. The molecule has 0 amide bonds. The maximum atomic E-state index is 2.79. The Hall–Kier alpha value is -0.520. The van der Waals surface area contributed by atoms with E-state index < -0.39 is 0 Å². The molecule has 106 valence electrons. The fourth-order valence-electron chi connectivity index (χ4n) is 7.83. The lowest BCUT2D eigenvalue weighted by Gasteiger charge is -2.22. The average Bonchev–Trinajstić information content (AvgIpc) is 3.18. The largest absolute Gasteiger partial charge is 0.0773 e. The van der Waals surface area contributed by atoms with Crippen LogP contribution in [0.2, 0.25) is 0 Å². The van der Waals surface area contributed by atoms with Crippen LogP contribution in [0.3, 0.4) is 0 Å². The molecular weight excluding hydrogens is 240 g/mol. The zero-order valence-corrected chi connectivity index (χ0v) is 12.4. The van der Waals surface area contributed by atoms with Crippen molar-refractivity contribution in [2.45, 2.75) is 51.4 Å². The number of rotatable bonds is 1. The van der Waals surface area contributed by atoms with Gasteiger partial charge in [0.1, 0.15) is 0 Å². The van der Waals surface area contributed by atoms with Crippen LogP contribution in [0.15, 0.2) is 23.3 Å². The van der Waals surface area contributed by atoms with E-state index in [1.165, 1.54) is 25.7 Å². The molecule has 0 spiro atoms. The van der Waals surface area contributed by atoms with Gasteiger partial charge in [0.2, 0.25) is 0 Å². The minimum Gasteiger partial charge on any atom is -0.0773 e. The van der Waals surface area contributed by atoms with Gasteiger partial charge in [-0.15, -0.1) is 0 Å². The molecule has 0 N–H and O–H groups in total. The molecule has 0 heterocycles. The van der Waals surface area contributed by atoms with E-state index in [2.05, 4.69) is 12.2 Å². The quantitative estimate of drug-likeness (QED) is 0.628. The number of allylic oxidation sites excluding steroid dienone is 4. The Morgan fingerprint density at radius 2 is 1.00 bits per heavy atom. The fourth-order valence-corrected chi connectivity index (χ4v) is 7.83. The van der Waals surface area contributed by atoms with E-state index in [1.807, 2.05) is 11.1 Å². The Balaban J connectivity index is 1.41. The molecule has 0 heteroatoms. The summed E-state index contributed by atoms with van der Waals surface area (Å²) in [4.78, 5) is 0. The molecule has 0 aliphatic heterocycles. The predicted molar refractivity (Wildman–Crippen MR) is 81.0 cm³/mol. The topological polar surface area (TPSA) is 0 Å². The fraction of sp³-hybridized carbons (Fsp3) is 0.800. The van der Waals surface area contributed by atoms with Gasteiger partial charge in [-0.05, 0) is 110 Å². The molecule has 0 bridgehead atoms. The van der Waals surface area contributed by atoms with Crippen LogP contribution in [-0.2, 0) is 0 Å². The molecule has 6 rings (SSSR count). The van der Waals surface area contributed by atoms with Gasteiger partial charge in [0.15, 0.2) is 0 Å². The first-order valence-corrected chi connectivity index (χ1v) is 9.34. The summed E-state index contributed by atoms with van der Waals surface area (Å²) >= 11 is 0. The van der Waals surface area contributed by atoms with Crippen molar-refractivity contribution in [3.8, 4) is 0 Å². The van der Waals surface area contributed by atoms with Gasteiger partial charge in [-0.3, -0.25) is 0 Å². The SMILES string of the molecule is C1=C(C2=C[C@@H]3CC[C@@H]4CC[C@@H]2[C@H]43)[C@@H]2CC[C@H]3CC[C@@H]1[C@@H]32. The van der Waals surface area contributed by atoms with Gasteiger partial charge in [-0.2, -0.15) is 0 Å². The molecule has 0 unspecified atom stereocenters. The smallest absolute Gasteiger partial charge is 0.0126 e. The summed E-state index contributed by atoms with van der Waals surface area (Å²) in [7, 11) is 0. The number of hydrogen-bond acceptors (Lipinski definition) is 0. The van der Waals surface area contributed by atoms with Crippen molar-refractivity contribution in [1.29, 1.82) is 0 Å². The van der Waals surface area contributed by atoms with Gasteiger partial charge in [0.25, 0.3) is 0 Å². The van der Waals surface area contributed by atoms with Crippen molar-refractivity contribution in [2.75, 3.05) is 0 Å². The molecule has 0 aromatic rings. The van der Waals surface area contributed by atoms with Gasteiger partial charge in [0.05, 0.1) is 0 Å². The summed E-state index contributed by atoms with van der Waals surface area (Å²) in [6, 6.07) is 0. The van der Waals surface area contributed by atoms with E-state index in [0.29, 0.717) is 0 Å². The van der Waals surface area contributed by atoms with Crippen molar-refractivity contribution in [2.24, 2.45) is 47.3 Å². The Kier molecular flexibility index (Phi) is 2.01. The minimum atomic E-state index is 0.987. The molecule has 0 nitrogen and oxygen atoms in total. The molecule has 20 heavy (non-hydrogen) atoms. The molecule has 6 aliphatic carbocycles. The normalized spacial score (nSPS) is 58.0. The van der Waals surface area contributed by atoms with Crippen molar-refractivity contribution in [1.82, 2.24) is 0 Å². The minimum absolute atomic E-state index is 0.987. The summed E-state index contributed by atoms with van der Waals surface area (Å²) in [6.07, 6.45) is 17.9. The third kappa shape index (κ3) is 1.18. The van der Waals surface area contributed by atoms with Gasteiger partial charge < -0.3 is 0 Å². The molecule has 4 saturated carbocycles. The highest BCUT2D eigenvalue weighted by molar-refractivity contribution is 5.45. The van der Waals surface area contributed by atoms with Gasteiger partial charge in [-0.1, -0.05) is 12.2 Å². The maximum Gasteiger partial charge on any atom is -0.0126 e. The van der Waals surface area contributed by atoms with Crippen LogP contribution in [-0.4, -0.2) is 0 Å². The van der Waals surface area contributed by atoms with Gasteiger partial charge >= 0.3 is 0 Å². The monoisotopic (exact) mass is 266 g/mol. The lowest BCUT2D eigenvalue weighted by Crippen LogP contribution is -2.15. The van der Waals surface area contributed by atoms with Crippen molar-refractivity contribution < 1.29 is 0 Å². The zero-order valence-electron chi connectivity index (χ0n) is 12.4. The molecule has 0 aromatic heterocycles. The molecule has 4 fully saturated rings. The second-order valence-electron chi connectivity index (χ2n) is 8.77. The standard InChI is InChI=1S/C20H26/c1-3-13-9-17(15-7-5-11(1)19(13)15)18-10-14-4-2-12-6-8-16(18)20(12)14/h9-16,19-20H,1-8H2/t11-,12-,13+,14+,15+,16+,19-,20-/m1/s1. The average molecular weight is 266 g/mol.